The maximum atomic E-state index is 12.5. The molecule has 0 aromatic heterocycles. The number of amides is 1. The number of rotatable bonds is 5. The average molecular weight is 275 g/mol. The Kier molecular flexibility index (Phi) is 4.42. The molecule has 4 nitrogen and oxygen atoms in total. The minimum absolute atomic E-state index is 0.117. The lowest BCUT2D eigenvalue weighted by Gasteiger charge is -2.28. The molecule has 2 rings (SSSR count). The molecule has 1 aliphatic carbocycles. The van der Waals surface area contributed by atoms with Crippen LogP contribution in [-0.4, -0.2) is 17.0 Å². The Balaban J connectivity index is 2.17. The first-order valence-corrected chi connectivity index (χ1v) is 7.18. The summed E-state index contributed by atoms with van der Waals surface area (Å²) >= 11 is 0. The van der Waals surface area contributed by atoms with E-state index in [0.717, 1.165) is 32.1 Å². The van der Waals surface area contributed by atoms with Crippen LogP contribution in [0.2, 0.25) is 0 Å². The fourth-order valence-corrected chi connectivity index (χ4v) is 3.01. The molecule has 0 saturated heterocycles. The van der Waals surface area contributed by atoms with Gasteiger partial charge < -0.3 is 10.4 Å². The Bertz CT molecular complexity index is 478. The molecule has 0 heterocycles. The second-order valence-corrected chi connectivity index (χ2v) is 5.50. The van der Waals surface area contributed by atoms with Gasteiger partial charge in [0.2, 0.25) is 5.91 Å². The normalized spacial score (nSPS) is 18.4. The molecule has 1 unspecified atom stereocenters. The van der Waals surface area contributed by atoms with Gasteiger partial charge in [0.05, 0.1) is 0 Å². The van der Waals surface area contributed by atoms with Gasteiger partial charge in [0.15, 0.2) is 6.04 Å². The van der Waals surface area contributed by atoms with Crippen LogP contribution in [0.25, 0.3) is 0 Å². The third-order valence-corrected chi connectivity index (χ3v) is 4.37. The largest absolute Gasteiger partial charge is 0.479 e. The van der Waals surface area contributed by atoms with Crippen LogP contribution in [0.1, 0.15) is 50.6 Å². The molecule has 1 amide bonds. The lowest BCUT2D eigenvalue weighted by Crippen LogP contribution is -2.43. The van der Waals surface area contributed by atoms with Gasteiger partial charge in [0.1, 0.15) is 0 Å². The summed E-state index contributed by atoms with van der Waals surface area (Å²) in [6, 6.07) is 7.88. The topological polar surface area (TPSA) is 66.4 Å². The molecule has 1 aromatic rings. The molecule has 1 aliphatic rings. The zero-order chi connectivity index (χ0) is 14.6. The minimum atomic E-state index is -1.02. The molecular formula is C16H21NO3. The molecular weight excluding hydrogens is 254 g/mol. The van der Waals surface area contributed by atoms with Gasteiger partial charge in [0.25, 0.3) is 0 Å². The van der Waals surface area contributed by atoms with Crippen molar-refractivity contribution in [1.29, 1.82) is 0 Å². The molecule has 2 N–H and O–H groups in total. The van der Waals surface area contributed by atoms with Gasteiger partial charge in [-0.15, -0.1) is 0 Å². The predicted molar refractivity (Wildman–Crippen MR) is 76.2 cm³/mol. The number of carboxylic acid groups (broad SMARTS) is 1. The number of carbonyl (C=O) groups excluding carboxylic acids is 1. The van der Waals surface area contributed by atoms with Gasteiger partial charge in [-0.2, -0.15) is 0 Å². The Morgan fingerprint density at radius 1 is 1.25 bits per heavy atom. The van der Waals surface area contributed by atoms with E-state index >= 15 is 0 Å². The zero-order valence-corrected chi connectivity index (χ0v) is 11.8. The van der Waals surface area contributed by atoms with Crippen molar-refractivity contribution in [2.45, 2.75) is 45.1 Å². The molecule has 0 bridgehead atoms. The highest BCUT2D eigenvalue weighted by atomic mass is 16.4. The molecule has 4 heteroatoms. The smallest absolute Gasteiger partial charge is 0.330 e. The fraction of sp³-hybridized carbons (Fsp3) is 0.500. The highest BCUT2D eigenvalue weighted by molar-refractivity contribution is 5.88. The number of aliphatic carboxylic acids is 1. The lowest BCUT2D eigenvalue weighted by atomic mass is 9.82. The second kappa shape index (κ2) is 6.07. The van der Waals surface area contributed by atoms with Crippen molar-refractivity contribution in [2.24, 2.45) is 5.41 Å². The first-order chi connectivity index (χ1) is 9.59. The predicted octanol–water partition coefficient (Wildman–Crippen LogP) is 2.90. The maximum absolute atomic E-state index is 12.5. The summed E-state index contributed by atoms with van der Waals surface area (Å²) in [7, 11) is 0. The molecule has 0 spiro atoms. The van der Waals surface area contributed by atoms with Gasteiger partial charge in [-0.05, 0) is 24.8 Å². The van der Waals surface area contributed by atoms with Gasteiger partial charge in [0, 0.05) is 5.41 Å². The zero-order valence-electron chi connectivity index (χ0n) is 11.8. The van der Waals surface area contributed by atoms with E-state index in [0.29, 0.717) is 5.56 Å². The lowest BCUT2D eigenvalue weighted by molar-refractivity contribution is -0.144. The third-order valence-electron chi connectivity index (χ3n) is 4.37. The number of hydrogen-bond acceptors (Lipinski definition) is 2. The van der Waals surface area contributed by atoms with Crippen molar-refractivity contribution in [1.82, 2.24) is 5.32 Å². The Labute approximate surface area is 119 Å². The maximum Gasteiger partial charge on any atom is 0.330 e. The third kappa shape index (κ3) is 2.84. The fourth-order valence-electron chi connectivity index (χ4n) is 3.01. The van der Waals surface area contributed by atoms with Crippen LogP contribution in [0.15, 0.2) is 30.3 Å². The summed E-state index contributed by atoms with van der Waals surface area (Å²) in [6.07, 6.45) is 4.57. The van der Waals surface area contributed by atoms with E-state index in [1.165, 1.54) is 0 Å². The highest BCUT2D eigenvalue weighted by Gasteiger charge is 2.40. The van der Waals surface area contributed by atoms with E-state index in [2.05, 4.69) is 5.32 Å². The number of benzene rings is 1. The van der Waals surface area contributed by atoms with Crippen LogP contribution >= 0.6 is 0 Å². The van der Waals surface area contributed by atoms with E-state index in [9.17, 15) is 14.7 Å². The van der Waals surface area contributed by atoms with Crippen molar-refractivity contribution in [3.05, 3.63) is 35.9 Å². The van der Waals surface area contributed by atoms with Crippen LogP contribution in [0.3, 0.4) is 0 Å². The van der Waals surface area contributed by atoms with Crippen molar-refractivity contribution in [2.75, 3.05) is 0 Å². The molecule has 108 valence electrons. The Morgan fingerprint density at radius 3 is 2.35 bits per heavy atom. The van der Waals surface area contributed by atoms with E-state index < -0.39 is 12.0 Å². The van der Waals surface area contributed by atoms with Crippen LogP contribution in [0.5, 0.6) is 0 Å². The number of carbonyl (C=O) groups is 2. The van der Waals surface area contributed by atoms with Crippen molar-refractivity contribution in [3.8, 4) is 0 Å². The molecule has 0 aliphatic heterocycles. The molecule has 1 saturated carbocycles. The summed E-state index contributed by atoms with van der Waals surface area (Å²) < 4.78 is 0. The molecule has 1 atom stereocenters. The summed E-state index contributed by atoms with van der Waals surface area (Å²) in [5.41, 5.74) is 0.236. The molecule has 1 aromatic carbocycles. The van der Waals surface area contributed by atoms with Crippen LogP contribution in [0, 0.1) is 5.41 Å². The Hall–Kier alpha value is -1.84. The molecule has 20 heavy (non-hydrogen) atoms. The van der Waals surface area contributed by atoms with E-state index in [1.54, 1.807) is 24.3 Å². The van der Waals surface area contributed by atoms with Crippen molar-refractivity contribution in [3.63, 3.8) is 0 Å². The van der Waals surface area contributed by atoms with Gasteiger partial charge >= 0.3 is 5.97 Å². The van der Waals surface area contributed by atoms with E-state index in [-0.39, 0.29) is 11.3 Å². The summed E-state index contributed by atoms with van der Waals surface area (Å²) in [6.45, 7) is 2.00. The summed E-state index contributed by atoms with van der Waals surface area (Å²) in [4.78, 5) is 23.9. The first-order valence-electron chi connectivity index (χ1n) is 7.18. The number of hydrogen-bond donors (Lipinski definition) is 2. The van der Waals surface area contributed by atoms with Crippen LogP contribution < -0.4 is 5.32 Å². The van der Waals surface area contributed by atoms with Crippen LogP contribution in [0.4, 0.5) is 0 Å². The van der Waals surface area contributed by atoms with Crippen molar-refractivity contribution < 1.29 is 14.7 Å². The van der Waals surface area contributed by atoms with E-state index in [1.807, 2.05) is 13.0 Å². The van der Waals surface area contributed by atoms with Crippen LogP contribution in [-0.2, 0) is 9.59 Å². The SMILES string of the molecule is CCC1(C(=O)NC(C(=O)O)c2ccccc2)CCCC1. The van der Waals surface area contributed by atoms with Crippen molar-refractivity contribution >= 4 is 11.9 Å². The Morgan fingerprint density at radius 2 is 1.85 bits per heavy atom. The number of nitrogens with one attached hydrogen (secondary N) is 1. The first kappa shape index (κ1) is 14.6. The molecule has 0 radical (unpaired) electrons. The molecule has 1 fully saturated rings. The quantitative estimate of drug-likeness (QED) is 0.868. The average Bonchev–Trinajstić information content (AvgIpc) is 2.95. The monoisotopic (exact) mass is 275 g/mol. The highest BCUT2D eigenvalue weighted by Crippen LogP contribution is 2.41. The van der Waals surface area contributed by atoms with Gasteiger partial charge in [-0.3, -0.25) is 4.79 Å². The standard InChI is InChI=1S/C16H21NO3/c1-2-16(10-6-7-11-16)15(20)17-13(14(18)19)12-8-4-3-5-9-12/h3-5,8-9,13H,2,6-7,10-11H2,1H3,(H,17,20)(H,18,19). The number of carboxylic acids is 1. The second-order valence-electron chi connectivity index (χ2n) is 5.50. The van der Waals surface area contributed by atoms with E-state index in [4.69, 9.17) is 0 Å². The van der Waals surface area contributed by atoms with Gasteiger partial charge in [-0.25, -0.2) is 4.79 Å². The van der Waals surface area contributed by atoms with Gasteiger partial charge in [-0.1, -0.05) is 50.1 Å². The minimum Gasteiger partial charge on any atom is -0.479 e. The summed E-state index contributed by atoms with van der Waals surface area (Å²) in [5.74, 6) is -1.14. The summed E-state index contributed by atoms with van der Waals surface area (Å²) in [5, 5.41) is 12.1.